The van der Waals surface area contributed by atoms with E-state index in [9.17, 15) is 4.79 Å². The highest BCUT2D eigenvalue weighted by Gasteiger charge is 2.46. The predicted molar refractivity (Wildman–Crippen MR) is 92.9 cm³/mol. The molecule has 1 saturated carbocycles. The van der Waals surface area contributed by atoms with Crippen LogP contribution >= 0.6 is 11.6 Å². The molecule has 1 atom stereocenters. The van der Waals surface area contributed by atoms with Gasteiger partial charge in [-0.15, -0.1) is 0 Å². The summed E-state index contributed by atoms with van der Waals surface area (Å²) >= 11 is 5.99. The molecule has 1 aliphatic rings. The lowest BCUT2D eigenvalue weighted by molar-refractivity contribution is -0.131. The molecule has 1 amide bonds. The summed E-state index contributed by atoms with van der Waals surface area (Å²) in [5, 5.41) is 8.03. The normalized spacial score (nSPS) is 17.1. The van der Waals surface area contributed by atoms with Crippen LogP contribution in [0.25, 0.3) is 0 Å². The quantitative estimate of drug-likeness (QED) is 0.874. The third-order valence-electron chi connectivity index (χ3n) is 4.89. The molecule has 1 N–H and O–H groups in total. The summed E-state index contributed by atoms with van der Waals surface area (Å²) in [5.74, 6) is 0.0410. The van der Waals surface area contributed by atoms with E-state index in [1.165, 1.54) is 0 Å². The van der Waals surface area contributed by atoms with Gasteiger partial charge >= 0.3 is 0 Å². The van der Waals surface area contributed by atoms with Crippen LogP contribution in [0.3, 0.4) is 0 Å². The van der Waals surface area contributed by atoms with Gasteiger partial charge in [-0.05, 0) is 36.6 Å². The summed E-state index contributed by atoms with van der Waals surface area (Å²) in [5.41, 5.74) is 1.49. The fraction of sp³-hybridized carbons (Fsp3) is 0.444. The summed E-state index contributed by atoms with van der Waals surface area (Å²) in [6.07, 6.45) is 4.48. The van der Waals surface area contributed by atoms with E-state index in [1.807, 2.05) is 37.4 Å². The summed E-state index contributed by atoms with van der Waals surface area (Å²) in [7, 11) is 3.50. The van der Waals surface area contributed by atoms with Crippen LogP contribution in [0.1, 0.15) is 36.6 Å². The Labute approximate surface area is 147 Å². The van der Waals surface area contributed by atoms with Gasteiger partial charge in [-0.3, -0.25) is 9.48 Å². The van der Waals surface area contributed by atoms with Gasteiger partial charge in [0, 0.05) is 25.4 Å². The van der Waals surface area contributed by atoms with E-state index in [0.29, 0.717) is 11.6 Å². The van der Waals surface area contributed by atoms with E-state index < -0.39 is 5.41 Å². The number of rotatable bonds is 6. The Balaban J connectivity index is 1.83. The Morgan fingerprint density at radius 2 is 2.08 bits per heavy atom. The highest BCUT2D eigenvalue weighted by atomic mass is 35.5. The number of amides is 1. The molecule has 1 aromatic carbocycles. The number of methoxy groups -OCH3 is 1. The highest BCUT2D eigenvalue weighted by Crippen LogP contribution is 2.44. The second-order valence-electron chi connectivity index (χ2n) is 6.30. The molecule has 0 radical (unpaired) electrons. The van der Waals surface area contributed by atoms with Crippen LogP contribution in [0.5, 0.6) is 0 Å². The Bertz CT molecular complexity index is 707. The summed E-state index contributed by atoms with van der Waals surface area (Å²) in [6, 6.07) is 9.28. The third-order valence-corrected chi connectivity index (χ3v) is 5.15. The molecule has 6 heteroatoms. The second kappa shape index (κ2) is 6.95. The van der Waals surface area contributed by atoms with Crippen molar-refractivity contribution in [2.45, 2.75) is 30.7 Å². The number of benzene rings is 1. The Morgan fingerprint density at radius 3 is 2.58 bits per heavy atom. The predicted octanol–water partition coefficient (Wildman–Crippen LogP) is 3.00. The Morgan fingerprint density at radius 1 is 1.38 bits per heavy atom. The molecule has 0 aliphatic heterocycles. The second-order valence-corrected chi connectivity index (χ2v) is 6.74. The van der Waals surface area contributed by atoms with Crippen LogP contribution in [0.2, 0.25) is 5.02 Å². The van der Waals surface area contributed by atoms with E-state index in [-0.39, 0.29) is 11.9 Å². The maximum atomic E-state index is 13.1. The van der Waals surface area contributed by atoms with Crippen molar-refractivity contribution in [2.24, 2.45) is 7.05 Å². The molecule has 5 nitrogen and oxygen atoms in total. The van der Waals surface area contributed by atoms with Crippen LogP contribution < -0.4 is 5.32 Å². The summed E-state index contributed by atoms with van der Waals surface area (Å²) in [4.78, 5) is 13.1. The zero-order valence-corrected chi connectivity index (χ0v) is 14.7. The smallest absolute Gasteiger partial charge is 0.231 e. The number of halogens is 1. The molecule has 1 aliphatic carbocycles. The molecule has 1 fully saturated rings. The van der Waals surface area contributed by atoms with Crippen LogP contribution in [0.15, 0.2) is 36.5 Å². The minimum absolute atomic E-state index is 0.0410. The van der Waals surface area contributed by atoms with Crippen LogP contribution in [-0.4, -0.2) is 29.4 Å². The first-order valence-corrected chi connectivity index (χ1v) is 8.48. The fourth-order valence-electron chi connectivity index (χ4n) is 3.34. The van der Waals surface area contributed by atoms with Gasteiger partial charge in [0.05, 0.1) is 23.8 Å². The van der Waals surface area contributed by atoms with Gasteiger partial charge in [0.1, 0.15) is 0 Å². The molecule has 2 aromatic rings. The van der Waals surface area contributed by atoms with Gasteiger partial charge in [-0.25, -0.2) is 0 Å². The van der Waals surface area contributed by atoms with E-state index in [2.05, 4.69) is 10.4 Å². The first kappa shape index (κ1) is 17.0. The highest BCUT2D eigenvalue weighted by molar-refractivity contribution is 6.30. The van der Waals surface area contributed by atoms with Gasteiger partial charge < -0.3 is 10.1 Å². The molecule has 0 saturated heterocycles. The molecule has 0 spiro atoms. The third kappa shape index (κ3) is 3.06. The molecule has 1 heterocycles. The molecule has 3 rings (SSSR count). The van der Waals surface area contributed by atoms with Crippen LogP contribution in [0, 0.1) is 0 Å². The van der Waals surface area contributed by atoms with Crippen molar-refractivity contribution in [3.63, 3.8) is 0 Å². The van der Waals surface area contributed by atoms with Gasteiger partial charge in [-0.2, -0.15) is 5.10 Å². The van der Waals surface area contributed by atoms with Gasteiger partial charge in [0.2, 0.25) is 5.91 Å². The standard InChI is InChI=1S/C18H22ClN3O2/c1-22-16(8-11-20-22)15(12-24-2)21-17(23)18(9-3-10-18)13-4-6-14(19)7-5-13/h4-8,11,15H,3,9-10,12H2,1-2H3,(H,21,23)/t15-/m0/s1. The zero-order chi connectivity index (χ0) is 17.2. The lowest BCUT2D eigenvalue weighted by Gasteiger charge is -2.41. The first-order chi connectivity index (χ1) is 11.6. The molecule has 24 heavy (non-hydrogen) atoms. The topological polar surface area (TPSA) is 56.1 Å². The van der Waals surface area contributed by atoms with Crippen molar-refractivity contribution in [1.82, 2.24) is 15.1 Å². The average Bonchev–Trinajstić information content (AvgIpc) is 2.94. The van der Waals surface area contributed by atoms with Crippen molar-refractivity contribution < 1.29 is 9.53 Å². The number of carbonyl (C=O) groups excluding carboxylic acids is 1. The van der Waals surface area contributed by atoms with E-state index >= 15 is 0 Å². The van der Waals surface area contributed by atoms with Gasteiger partial charge in [0.25, 0.3) is 0 Å². The molecular formula is C18H22ClN3O2. The van der Waals surface area contributed by atoms with Crippen LogP contribution in [0.4, 0.5) is 0 Å². The monoisotopic (exact) mass is 347 g/mol. The SMILES string of the molecule is COC[C@H](NC(=O)C1(c2ccc(Cl)cc2)CCC1)c1ccnn1C. The maximum absolute atomic E-state index is 13.1. The lowest BCUT2D eigenvalue weighted by Crippen LogP contribution is -2.50. The van der Waals surface area contributed by atoms with Crippen LogP contribution in [-0.2, 0) is 22.0 Å². The van der Waals surface area contributed by atoms with Crippen molar-refractivity contribution in [2.75, 3.05) is 13.7 Å². The minimum atomic E-state index is -0.463. The molecule has 0 bridgehead atoms. The van der Waals surface area contributed by atoms with Crippen molar-refractivity contribution >= 4 is 17.5 Å². The molecular weight excluding hydrogens is 326 g/mol. The first-order valence-electron chi connectivity index (χ1n) is 8.11. The van der Waals surface area contributed by atoms with E-state index in [1.54, 1.807) is 18.0 Å². The number of aromatic nitrogens is 2. The number of hydrogen-bond donors (Lipinski definition) is 1. The number of carbonyl (C=O) groups is 1. The summed E-state index contributed by atoms with van der Waals surface area (Å²) < 4.78 is 7.06. The van der Waals surface area contributed by atoms with Gasteiger partial charge in [0.15, 0.2) is 0 Å². The number of ether oxygens (including phenoxy) is 1. The average molecular weight is 348 g/mol. The van der Waals surface area contributed by atoms with Gasteiger partial charge in [-0.1, -0.05) is 30.2 Å². The minimum Gasteiger partial charge on any atom is -0.382 e. The van der Waals surface area contributed by atoms with E-state index in [0.717, 1.165) is 30.5 Å². The van der Waals surface area contributed by atoms with Crippen molar-refractivity contribution in [1.29, 1.82) is 0 Å². The number of aryl methyl sites for hydroxylation is 1. The molecule has 1 aromatic heterocycles. The number of nitrogens with one attached hydrogen (secondary N) is 1. The Hall–Kier alpha value is -1.85. The van der Waals surface area contributed by atoms with Crippen molar-refractivity contribution in [3.05, 3.63) is 52.8 Å². The number of nitrogens with zero attached hydrogens (tertiary/aromatic N) is 2. The largest absolute Gasteiger partial charge is 0.382 e. The molecule has 128 valence electrons. The Kier molecular flexibility index (Phi) is 4.92. The zero-order valence-electron chi connectivity index (χ0n) is 14.0. The lowest BCUT2D eigenvalue weighted by atomic mass is 9.63. The molecule has 0 unspecified atom stereocenters. The fourth-order valence-corrected chi connectivity index (χ4v) is 3.46. The maximum Gasteiger partial charge on any atom is 0.231 e. The summed E-state index contributed by atoms with van der Waals surface area (Å²) in [6.45, 7) is 0.405. The van der Waals surface area contributed by atoms with E-state index in [4.69, 9.17) is 16.3 Å². The number of hydrogen-bond acceptors (Lipinski definition) is 3. The van der Waals surface area contributed by atoms with Crippen molar-refractivity contribution in [3.8, 4) is 0 Å².